The second-order valence-electron chi connectivity index (χ2n) is 3.37. The van der Waals surface area contributed by atoms with Gasteiger partial charge in [-0.2, -0.15) is 0 Å². The summed E-state index contributed by atoms with van der Waals surface area (Å²) in [5.74, 6) is -1.28. The number of hydrogen-bond acceptors (Lipinski definition) is 2. The van der Waals surface area contributed by atoms with Crippen molar-refractivity contribution in [3.8, 4) is 11.3 Å². The van der Waals surface area contributed by atoms with Crippen LogP contribution in [0.2, 0.25) is 5.02 Å². The van der Waals surface area contributed by atoms with Gasteiger partial charge in [0, 0.05) is 11.8 Å². The molecule has 0 aliphatic carbocycles. The molecule has 1 aromatic carbocycles. The summed E-state index contributed by atoms with van der Waals surface area (Å²) in [5.41, 5.74) is 5.72. The fourth-order valence-corrected chi connectivity index (χ4v) is 1.68. The Morgan fingerprint density at radius 1 is 1.29 bits per heavy atom. The zero-order valence-electron chi connectivity index (χ0n) is 8.65. The van der Waals surface area contributed by atoms with Crippen LogP contribution in [-0.2, 0) is 0 Å². The standard InChI is InChI=1S/C12H8ClFN2O/c13-9-5-1-3-7(10(9)14)11-8(12(15)17)4-2-6-16-11/h1-6H,(H2,15,17). The molecule has 86 valence electrons. The highest BCUT2D eigenvalue weighted by atomic mass is 35.5. The van der Waals surface area contributed by atoms with E-state index in [9.17, 15) is 9.18 Å². The number of primary amides is 1. The number of nitrogens with two attached hydrogens (primary N) is 1. The summed E-state index contributed by atoms with van der Waals surface area (Å²) in [6, 6.07) is 7.56. The molecular formula is C12H8ClFN2O. The van der Waals surface area contributed by atoms with Crippen LogP contribution in [0.1, 0.15) is 10.4 Å². The Labute approximate surface area is 102 Å². The molecule has 0 atom stereocenters. The van der Waals surface area contributed by atoms with E-state index in [1.165, 1.54) is 24.4 Å². The summed E-state index contributed by atoms with van der Waals surface area (Å²) in [5, 5.41) is -0.0245. The first-order valence-electron chi connectivity index (χ1n) is 4.80. The number of halogens is 2. The van der Waals surface area contributed by atoms with Gasteiger partial charge in [0.25, 0.3) is 5.91 Å². The topological polar surface area (TPSA) is 56.0 Å². The van der Waals surface area contributed by atoms with Crippen molar-refractivity contribution in [1.29, 1.82) is 0 Å². The molecule has 0 saturated carbocycles. The van der Waals surface area contributed by atoms with Crippen molar-refractivity contribution in [2.75, 3.05) is 0 Å². The van der Waals surface area contributed by atoms with Crippen LogP contribution >= 0.6 is 11.6 Å². The zero-order valence-corrected chi connectivity index (χ0v) is 9.41. The number of hydrogen-bond donors (Lipinski definition) is 1. The largest absolute Gasteiger partial charge is 0.366 e. The Bertz CT molecular complexity index is 586. The minimum absolute atomic E-state index is 0.0245. The maximum absolute atomic E-state index is 13.8. The highest BCUT2D eigenvalue weighted by Gasteiger charge is 2.15. The van der Waals surface area contributed by atoms with Gasteiger partial charge in [-0.15, -0.1) is 0 Å². The van der Waals surface area contributed by atoms with E-state index >= 15 is 0 Å². The number of aromatic nitrogens is 1. The van der Waals surface area contributed by atoms with Crippen molar-refractivity contribution < 1.29 is 9.18 Å². The van der Waals surface area contributed by atoms with Crippen LogP contribution in [0.15, 0.2) is 36.5 Å². The summed E-state index contributed by atoms with van der Waals surface area (Å²) in [4.78, 5) is 15.2. The average molecular weight is 251 g/mol. The molecule has 0 spiro atoms. The summed E-state index contributed by atoms with van der Waals surface area (Å²) in [6.45, 7) is 0. The van der Waals surface area contributed by atoms with Gasteiger partial charge in [-0.05, 0) is 24.3 Å². The SMILES string of the molecule is NC(=O)c1cccnc1-c1cccc(Cl)c1F. The fourth-order valence-electron chi connectivity index (χ4n) is 1.51. The number of amides is 1. The van der Waals surface area contributed by atoms with Crippen molar-refractivity contribution in [3.63, 3.8) is 0 Å². The van der Waals surface area contributed by atoms with Gasteiger partial charge in [-0.3, -0.25) is 9.78 Å². The van der Waals surface area contributed by atoms with E-state index < -0.39 is 11.7 Å². The highest BCUT2D eigenvalue weighted by molar-refractivity contribution is 6.31. The lowest BCUT2D eigenvalue weighted by Crippen LogP contribution is -2.13. The molecule has 1 amide bonds. The zero-order chi connectivity index (χ0) is 12.4. The molecule has 3 nitrogen and oxygen atoms in total. The lowest BCUT2D eigenvalue weighted by Gasteiger charge is -2.07. The van der Waals surface area contributed by atoms with Crippen LogP contribution in [0.5, 0.6) is 0 Å². The van der Waals surface area contributed by atoms with Crippen LogP contribution in [0.3, 0.4) is 0 Å². The quantitative estimate of drug-likeness (QED) is 0.891. The fraction of sp³-hybridized carbons (Fsp3) is 0. The summed E-state index contributed by atoms with van der Waals surface area (Å²) in [7, 11) is 0. The number of rotatable bonds is 2. The van der Waals surface area contributed by atoms with Crippen LogP contribution in [-0.4, -0.2) is 10.9 Å². The van der Waals surface area contributed by atoms with E-state index in [4.69, 9.17) is 17.3 Å². The number of nitrogens with zero attached hydrogens (tertiary/aromatic N) is 1. The molecular weight excluding hydrogens is 243 g/mol. The molecule has 0 bridgehead atoms. The Hall–Kier alpha value is -1.94. The van der Waals surface area contributed by atoms with Crippen LogP contribution < -0.4 is 5.73 Å². The molecule has 2 N–H and O–H groups in total. The monoisotopic (exact) mass is 250 g/mol. The predicted octanol–water partition coefficient (Wildman–Crippen LogP) is 2.64. The highest BCUT2D eigenvalue weighted by Crippen LogP contribution is 2.28. The van der Waals surface area contributed by atoms with Crippen molar-refractivity contribution >= 4 is 17.5 Å². The molecule has 5 heteroatoms. The van der Waals surface area contributed by atoms with Gasteiger partial charge in [0.1, 0.15) is 0 Å². The van der Waals surface area contributed by atoms with Crippen molar-refractivity contribution in [3.05, 3.63) is 52.9 Å². The Kier molecular flexibility index (Phi) is 3.06. The van der Waals surface area contributed by atoms with Crippen molar-refractivity contribution in [2.24, 2.45) is 5.73 Å². The van der Waals surface area contributed by atoms with Crippen molar-refractivity contribution in [2.45, 2.75) is 0 Å². The molecule has 0 aliphatic rings. The summed E-state index contributed by atoms with van der Waals surface area (Å²) in [6.07, 6.45) is 1.46. The van der Waals surface area contributed by atoms with Crippen LogP contribution in [0.4, 0.5) is 4.39 Å². The number of carbonyl (C=O) groups excluding carboxylic acids is 1. The third kappa shape index (κ3) is 2.12. The molecule has 2 aromatic rings. The maximum atomic E-state index is 13.8. The average Bonchev–Trinajstić information content (AvgIpc) is 2.33. The number of pyridine rings is 1. The van der Waals surface area contributed by atoms with E-state index in [0.29, 0.717) is 0 Å². The number of carbonyl (C=O) groups is 1. The molecule has 0 unspecified atom stereocenters. The minimum atomic E-state index is -0.660. The second-order valence-corrected chi connectivity index (χ2v) is 3.77. The first-order valence-corrected chi connectivity index (χ1v) is 5.18. The molecule has 0 aliphatic heterocycles. The third-order valence-electron chi connectivity index (χ3n) is 2.28. The maximum Gasteiger partial charge on any atom is 0.250 e. The van der Waals surface area contributed by atoms with E-state index in [0.717, 1.165) is 0 Å². The molecule has 17 heavy (non-hydrogen) atoms. The van der Waals surface area contributed by atoms with Gasteiger partial charge in [0.2, 0.25) is 0 Å². The normalized spacial score (nSPS) is 10.2. The third-order valence-corrected chi connectivity index (χ3v) is 2.57. The van der Waals surface area contributed by atoms with E-state index in [1.54, 1.807) is 12.1 Å². The van der Waals surface area contributed by atoms with E-state index in [1.807, 2.05) is 0 Å². The van der Waals surface area contributed by atoms with Crippen molar-refractivity contribution in [1.82, 2.24) is 4.98 Å². The first kappa shape index (κ1) is 11.5. The molecule has 0 radical (unpaired) electrons. The smallest absolute Gasteiger partial charge is 0.250 e. The molecule has 1 heterocycles. The lowest BCUT2D eigenvalue weighted by atomic mass is 10.1. The number of benzene rings is 1. The Balaban J connectivity index is 2.69. The second kappa shape index (κ2) is 4.51. The van der Waals surface area contributed by atoms with E-state index in [2.05, 4.69) is 4.98 Å². The van der Waals surface area contributed by atoms with Crippen LogP contribution in [0, 0.1) is 5.82 Å². The van der Waals surface area contributed by atoms with Gasteiger partial charge in [-0.25, -0.2) is 4.39 Å². The van der Waals surface area contributed by atoms with Gasteiger partial charge in [0.05, 0.1) is 16.3 Å². The molecule has 0 saturated heterocycles. The lowest BCUT2D eigenvalue weighted by molar-refractivity contribution is 0.100. The predicted molar refractivity (Wildman–Crippen MR) is 63.2 cm³/mol. The van der Waals surface area contributed by atoms with Gasteiger partial charge < -0.3 is 5.73 Å². The Morgan fingerprint density at radius 3 is 2.76 bits per heavy atom. The molecule has 0 fully saturated rings. The van der Waals surface area contributed by atoms with Gasteiger partial charge >= 0.3 is 0 Å². The first-order chi connectivity index (χ1) is 8.11. The minimum Gasteiger partial charge on any atom is -0.366 e. The van der Waals surface area contributed by atoms with Crippen LogP contribution in [0.25, 0.3) is 11.3 Å². The summed E-state index contributed by atoms with van der Waals surface area (Å²) >= 11 is 5.68. The van der Waals surface area contributed by atoms with E-state index in [-0.39, 0.29) is 21.8 Å². The molecule has 1 aromatic heterocycles. The van der Waals surface area contributed by atoms with Gasteiger partial charge in [-0.1, -0.05) is 17.7 Å². The molecule has 2 rings (SSSR count). The summed E-state index contributed by atoms with van der Waals surface area (Å²) < 4.78 is 13.8. The Morgan fingerprint density at radius 2 is 2.06 bits per heavy atom. The van der Waals surface area contributed by atoms with Gasteiger partial charge in [0.15, 0.2) is 5.82 Å².